The molecule has 0 saturated carbocycles. The standard InChI is InChI=1S/C63H40N6/c1-6-21-41(22-7-1)61-64-62(42-23-8-2-9-24-42)66-63(65-61)45-26-20-25-43(39-45)44-37-38-54-51(40-44)57-59-55(50-34-17-19-36-53(50)68(59)47-29-12-4-13-30-47)58-56(60(57)69(54)48-31-14-5-15-32-48)49-33-16-18-35-52(49)67(58)46-27-10-3-11-28-46/h1-40H. The Labute approximate surface area is 397 Å². The minimum Gasteiger partial charge on any atom is -0.308 e. The minimum atomic E-state index is 0.623. The number of rotatable bonds is 7. The Morgan fingerprint density at radius 2 is 0.565 bits per heavy atom. The third-order valence-electron chi connectivity index (χ3n) is 13.6. The van der Waals surface area contributed by atoms with Gasteiger partial charge in [-0.15, -0.1) is 0 Å². The quantitative estimate of drug-likeness (QED) is 0.160. The number of fused-ring (bicyclic) bond motifs is 12. The van der Waals surface area contributed by atoms with Gasteiger partial charge in [0.1, 0.15) is 0 Å². The van der Waals surface area contributed by atoms with E-state index < -0.39 is 0 Å². The summed E-state index contributed by atoms with van der Waals surface area (Å²) in [5, 5.41) is 7.20. The fraction of sp³-hybridized carbons (Fsp3) is 0. The Hall–Kier alpha value is -9.39. The second-order valence-corrected chi connectivity index (χ2v) is 17.6. The summed E-state index contributed by atoms with van der Waals surface area (Å²) in [6.07, 6.45) is 0. The maximum atomic E-state index is 5.10. The topological polar surface area (TPSA) is 53.5 Å². The Kier molecular flexibility index (Phi) is 8.79. The highest BCUT2D eigenvalue weighted by Crippen LogP contribution is 2.50. The van der Waals surface area contributed by atoms with Crippen LogP contribution in [0, 0.1) is 0 Å². The van der Waals surface area contributed by atoms with Crippen LogP contribution < -0.4 is 0 Å². The van der Waals surface area contributed by atoms with Gasteiger partial charge in [0.25, 0.3) is 0 Å². The smallest absolute Gasteiger partial charge is 0.164 e. The van der Waals surface area contributed by atoms with Gasteiger partial charge in [0.15, 0.2) is 17.5 Å². The zero-order valence-corrected chi connectivity index (χ0v) is 37.3. The predicted octanol–water partition coefficient (Wildman–Crippen LogP) is 15.8. The van der Waals surface area contributed by atoms with Crippen LogP contribution in [0.3, 0.4) is 0 Å². The molecule has 10 aromatic carbocycles. The molecule has 0 saturated heterocycles. The Morgan fingerprint density at radius 1 is 0.232 bits per heavy atom. The van der Waals surface area contributed by atoms with Crippen molar-refractivity contribution in [2.45, 2.75) is 0 Å². The summed E-state index contributed by atoms with van der Waals surface area (Å²) in [5.41, 5.74) is 15.3. The van der Waals surface area contributed by atoms with Crippen molar-refractivity contribution in [3.63, 3.8) is 0 Å². The summed E-state index contributed by atoms with van der Waals surface area (Å²) in [7, 11) is 0. The minimum absolute atomic E-state index is 0.623. The monoisotopic (exact) mass is 880 g/mol. The lowest BCUT2D eigenvalue weighted by atomic mass is 9.98. The molecule has 4 aromatic heterocycles. The molecule has 0 atom stereocenters. The summed E-state index contributed by atoms with van der Waals surface area (Å²) >= 11 is 0. The lowest BCUT2D eigenvalue weighted by Gasteiger charge is -2.13. The summed E-state index contributed by atoms with van der Waals surface area (Å²) in [4.78, 5) is 15.2. The van der Waals surface area contributed by atoms with Crippen LogP contribution in [0.25, 0.3) is 128 Å². The van der Waals surface area contributed by atoms with Crippen molar-refractivity contribution in [1.29, 1.82) is 0 Å². The van der Waals surface area contributed by atoms with E-state index in [-0.39, 0.29) is 0 Å². The molecule has 0 aliphatic carbocycles. The Balaban J connectivity index is 1.11. The van der Waals surface area contributed by atoms with Crippen molar-refractivity contribution in [3.05, 3.63) is 243 Å². The summed E-state index contributed by atoms with van der Waals surface area (Å²) < 4.78 is 7.49. The number of benzene rings is 10. The molecule has 0 aliphatic heterocycles. The maximum absolute atomic E-state index is 5.10. The van der Waals surface area contributed by atoms with Gasteiger partial charge in [-0.05, 0) is 77.9 Å². The number of hydrogen-bond donors (Lipinski definition) is 0. The van der Waals surface area contributed by atoms with Gasteiger partial charge in [0.2, 0.25) is 0 Å². The summed E-state index contributed by atoms with van der Waals surface area (Å²) in [6.45, 7) is 0. The van der Waals surface area contributed by atoms with Gasteiger partial charge in [-0.3, -0.25) is 0 Å². The van der Waals surface area contributed by atoms with Gasteiger partial charge in [-0.1, -0.05) is 176 Å². The van der Waals surface area contributed by atoms with E-state index in [1.165, 1.54) is 43.5 Å². The molecule has 69 heavy (non-hydrogen) atoms. The van der Waals surface area contributed by atoms with Crippen LogP contribution in [0.4, 0.5) is 0 Å². The molecule has 6 nitrogen and oxygen atoms in total. The van der Waals surface area contributed by atoms with Crippen LogP contribution in [0.2, 0.25) is 0 Å². The van der Waals surface area contributed by atoms with Crippen molar-refractivity contribution in [2.24, 2.45) is 0 Å². The van der Waals surface area contributed by atoms with Gasteiger partial charge in [0, 0.05) is 66.1 Å². The summed E-state index contributed by atoms with van der Waals surface area (Å²) in [5.74, 6) is 1.90. The molecule has 4 heterocycles. The molecule has 0 N–H and O–H groups in total. The number of hydrogen-bond acceptors (Lipinski definition) is 3. The van der Waals surface area contributed by atoms with Crippen molar-refractivity contribution >= 4 is 65.4 Å². The van der Waals surface area contributed by atoms with Gasteiger partial charge < -0.3 is 13.7 Å². The van der Waals surface area contributed by atoms with Crippen LogP contribution in [0.15, 0.2) is 243 Å². The maximum Gasteiger partial charge on any atom is 0.164 e. The van der Waals surface area contributed by atoms with E-state index in [0.717, 1.165) is 66.8 Å². The number of nitrogens with zero attached hydrogens (tertiary/aromatic N) is 6. The first-order valence-corrected chi connectivity index (χ1v) is 23.4. The first-order valence-electron chi connectivity index (χ1n) is 23.4. The lowest BCUT2D eigenvalue weighted by molar-refractivity contribution is 1.07. The molecule has 0 aliphatic rings. The third kappa shape index (κ3) is 6.09. The largest absolute Gasteiger partial charge is 0.308 e. The van der Waals surface area contributed by atoms with Crippen LogP contribution >= 0.6 is 0 Å². The first kappa shape index (κ1) is 38.8. The van der Waals surface area contributed by atoms with E-state index in [1.54, 1.807) is 0 Å². The number of aromatic nitrogens is 6. The predicted molar refractivity (Wildman–Crippen MR) is 285 cm³/mol. The highest BCUT2D eigenvalue weighted by Gasteiger charge is 2.29. The van der Waals surface area contributed by atoms with Crippen molar-refractivity contribution in [2.75, 3.05) is 0 Å². The van der Waals surface area contributed by atoms with Crippen molar-refractivity contribution in [1.82, 2.24) is 28.7 Å². The molecule has 0 bridgehead atoms. The Morgan fingerprint density at radius 3 is 1.03 bits per heavy atom. The van der Waals surface area contributed by atoms with Gasteiger partial charge in [-0.2, -0.15) is 0 Å². The van der Waals surface area contributed by atoms with Crippen LogP contribution in [-0.2, 0) is 0 Å². The molecule has 14 rings (SSSR count). The molecule has 0 unspecified atom stereocenters. The van der Waals surface area contributed by atoms with E-state index in [4.69, 9.17) is 15.0 Å². The van der Waals surface area contributed by atoms with E-state index in [1.807, 2.05) is 60.7 Å². The fourth-order valence-corrected chi connectivity index (χ4v) is 10.7. The molecule has 0 spiro atoms. The zero-order valence-electron chi connectivity index (χ0n) is 37.3. The molecule has 6 heteroatoms. The number of para-hydroxylation sites is 5. The fourth-order valence-electron chi connectivity index (χ4n) is 10.7. The summed E-state index contributed by atoms with van der Waals surface area (Å²) in [6, 6.07) is 86.3. The van der Waals surface area contributed by atoms with Crippen LogP contribution in [-0.4, -0.2) is 28.7 Å². The molecule has 14 aromatic rings. The van der Waals surface area contributed by atoms with Gasteiger partial charge in [0.05, 0.1) is 33.1 Å². The highest BCUT2D eigenvalue weighted by molar-refractivity contribution is 6.40. The third-order valence-corrected chi connectivity index (χ3v) is 13.6. The van der Waals surface area contributed by atoms with Crippen LogP contribution in [0.1, 0.15) is 0 Å². The average molecular weight is 881 g/mol. The second-order valence-electron chi connectivity index (χ2n) is 17.6. The molecule has 0 fully saturated rings. The van der Waals surface area contributed by atoms with E-state index in [9.17, 15) is 0 Å². The Bertz CT molecular complexity index is 4170. The van der Waals surface area contributed by atoms with E-state index >= 15 is 0 Å². The molecule has 0 radical (unpaired) electrons. The first-order chi connectivity index (χ1) is 34.3. The second kappa shape index (κ2) is 15.6. The molecule has 0 amide bonds. The normalized spacial score (nSPS) is 11.8. The van der Waals surface area contributed by atoms with Gasteiger partial charge >= 0.3 is 0 Å². The van der Waals surface area contributed by atoms with Crippen LogP contribution in [0.5, 0.6) is 0 Å². The average Bonchev–Trinajstić information content (AvgIpc) is 4.08. The van der Waals surface area contributed by atoms with E-state index in [0.29, 0.717) is 17.5 Å². The van der Waals surface area contributed by atoms with Gasteiger partial charge in [-0.25, -0.2) is 15.0 Å². The lowest BCUT2D eigenvalue weighted by Crippen LogP contribution is -2.00. The van der Waals surface area contributed by atoms with Crippen molar-refractivity contribution in [3.8, 4) is 62.4 Å². The van der Waals surface area contributed by atoms with Crippen molar-refractivity contribution < 1.29 is 0 Å². The highest BCUT2D eigenvalue weighted by atomic mass is 15.1. The molecule has 322 valence electrons. The zero-order chi connectivity index (χ0) is 45.4. The molecular weight excluding hydrogens is 841 g/mol. The van der Waals surface area contributed by atoms with E-state index in [2.05, 4.69) is 196 Å². The SMILES string of the molecule is c1ccc(-c2nc(-c3ccccc3)nc(-c3cccc(-c4ccc5c(c4)c4c6c(c7ccccc7n6-c6ccccc6)c6c(c7ccccc7n6-c6ccccc6)c4n5-c4ccccc4)c3)n2)cc1. The molecular formula is C63H40N6.